The first-order valence-corrected chi connectivity index (χ1v) is 8.97. The quantitative estimate of drug-likeness (QED) is 0.669. The maximum Gasteiger partial charge on any atom is 0.330 e. The lowest BCUT2D eigenvalue weighted by Gasteiger charge is -2.20. The minimum absolute atomic E-state index is 0.0843. The number of anilines is 2. The monoisotopic (exact) mass is 386 g/mol. The zero-order chi connectivity index (χ0) is 19.6. The summed E-state index contributed by atoms with van der Waals surface area (Å²) in [5.41, 5.74) is 6.03. The molecule has 140 valence electrons. The molecule has 27 heavy (non-hydrogen) atoms. The van der Waals surface area contributed by atoms with Crippen molar-refractivity contribution in [2.24, 2.45) is 0 Å². The Morgan fingerprint density at radius 2 is 2.00 bits per heavy atom. The summed E-state index contributed by atoms with van der Waals surface area (Å²) in [5.74, 6) is -0.539. The summed E-state index contributed by atoms with van der Waals surface area (Å²) in [7, 11) is 1.43. The van der Waals surface area contributed by atoms with E-state index in [4.69, 9.17) is 5.73 Å². The lowest BCUT2D eigenvalue weighted by Crippen LogP contribution is -2.39. The van der Waals surface area contributed by atoms with Gasteiger partial charge in [-0.1, -0.05) is 41.7 Å². The van der Waals surface area contributed by atoms with E-state index < -0.39 is 17.2 Å². The largest absolute Gasteiger partial charge is 0.383 e. The number of carbonyl (C=O) groups is 1. The van der Waals surface area contributed by atoms with Crippen molar-refractivity contribution in [3.05, 3.63) is 67.3 Å². The number of carbonyl (C=O) groups excluding carboxylic acids is 1. The van der Waals surface area contributed by atoms with Crippen molar-refractivity contribution in [1.82, 2.24) is 19.1 Å². The summed E-state index contributed by atoms with van der Waals surface area (Å²) in [6, 6.07) is 9.20. The maximum atomic E-state index is 12.8. The van der Waals surface area contributed by atoms with E-state index in [1.54, 1.807) is 0 Å². The Labute approximate surface area is 158 Å². The van der Waals surface area contributed by atoms with Crippen LogP contribution in [0.1, 0.15) is 27.9 Å². The molecule has 1 amide bonds. The van der Waals surface area contributed by atoms with Gasteiger partial charge < -0.3 is 10.6 Å². The highest BCUT2D eigenvalue weighted by Gasteiger charge is 2.25. The van der Waals surface area contributed by atoms with Crippen molar-refractivity contribution in [3.8, 4) is 0 Å². The van der Waals surface area contributed by atoms with E-state index in [1.807, 2.05) is 37.3 Å². The predicted molar refractivity (Wildman–Crippen MR) is 103 cm³/mol. The van der Waals surface area contributed by atoms with Crippen molar-refractivity contribution in [2.45, 2.75) is 19.9 Å². The molecular formula is C17H18N6O3S. The van der Waals surface area contributed by atoms with Crippen LogP contribution < -0.4 is 21.9 Å². The molecule has 2 aromatic heterocycles. The number of nitrogen functional groups attached to an aromatic ring is 1. The van der Waals surface area contributed by atoms with Gasteiger partial charge in [0.2, 0.25) is 0 Å². The Morgan fingerprint density at radius 3 is 2.67 bits per heavy atom. The summed E-state index contributed by atoms with van der Waals surface area (Å²) in [6.07, 6.45) is 0.532. The summed E-state index contributed by atoms with van der Waals surface area (Å²) < 4.78 is 5.02. The maximum absolute atomic E-state index is 12.8. The molecule has 0 saturated heterocycles. The first-order valence-electron chi connectivity index (χ1n) is 8.19. The number of nitrogens with zero attached hydrogens (tertiary/aromatic N) is 4. The van der Waals surface area contributed by atoms with E-state index in [2.05, 4.69) is 14.6 Å². The smallest absolute Gasteiger partial charge is 0.330 e. The fraction of sp³-hybridized carbons (Fsp3) is 0.235. The zero-order valence-corrected chi connectivity index (χ0v) is 15.6. The van der Waals surface area contributed by atoms with E-state index >= 15 is 0 Å². The van der Waals surface area contributed by atoms with Crippen LogP contribution in [0.5, 0.6) is 0 Å². The number of nitrogens with one attached hydrogen (secondary N) is 1. The minimum Gasteiger partial charge on any atom is -0.383 e. The van der Waals surface area contributed by atoms with Gasteiger partial charge in [-0.2, -0.15) is 0 Å². The third-order valence-corrected chi connectivity index (χ3v) is 4.88. The van der Waals surface area contributed by atoms with E-state index in [0.29, 0.717) is 17.0 Å². The summed E-state index contributed by atoms with van der Waals surface area (Å²) in [4.78, 5) is 41.1. The lowest BCUT2D eigenvalue weighted by molar-refractivity contribution is 0.0995. The number of nitrogens with two attached hydrogens (primary N) is 1. The number of benzene rings is 1. The average Bonchev–Trinajstić information content (AvgIpc) is 3.13. The minimum atomic E-state index is -0.729. The topological polar surface area (TPSA) is 127 Å². The number of amides is 1. The van der Waals surface area contributed by atoms with Crippen molar-refractivity contribution >= 4 is 28.9 Å². The second-order valence-electron chi connectivity index (χ2n) is 5.83. The number of aromatic amines is 1. The first kappa shape index (κ1) is 18.5. The molecular weight excluding hydrogens is 368 g/mol. The second-order valence-corrected chi connectivity index (χ2v) is 6.59. The SMILES string of the molecule is CCc1nnsc1C(=O)N(C)c1c(N)n(Cc2ccccc2)c(=O)[nH]c1=O. The van der Waals surface area contributed by atoms with Gasteiger partial charge in [-0.05, 0) is 23.5 Å². The predicted octanol–water partition coefficient (Wildman–Crippen LogP) is 0.858. The molecule has 0 aliphatic heterocycles. The van der Waals surface area contributed by atoms with Crippen LogP contribution in [0.25, 0.3) is 0 Å². The van der Waals surface area contributed by atoms with Crippen molar-refractivity contribution in [1.29, 1.82) is 0 Å². The Balaban J connectivity index is 2.05. The van der Waals surface area contributed by atoms with E-state index in [1.165, 1.54) is 11.6 Å². The number of aryl methyl sites for hydroxylation is 1. The van der Waals surface area contributed by atoms with Gasteiger partial charge in [-0.25, -0.2) is 4.79 Å². The Bertz CT molecular complexity index is 1090. The van der Waals surface area contributed by atoms with Crippen molar-refractivity contribution in [2.75, 3.05) is 17.7 Å². The van der Waals surface area contributed by atoms with Crippen molar-refractivity contribution < 1.29 is 4.79 Å². The van der Waals surface area contributed by atoms with E-state index in [-0.39, 0.29) is 18.1 Å². The standard InChI is InChI=1S/C17H18N6O3S/c1-3-11-13(27-21-20-11)16(25)22(2)12-14(18)23(17(26)19-15(12)24)9-10-7-5-4-6-8-10/h4-8H,3,9,18H2,1-2H3,(H,19,24,26). The number of aromatic nitrogens is 4. The van der Waals surface area contributed by atoms with Crippen LogP contribution in [0.2, 0.25) is 0 Å². The van der Waals surface area contributed by atoms with Gasteiger partial charge in [-0.15, -0.1) is 5.10 Å². The van der Waals surface area contributed by atoms with Gasteiger partial charge in [0.25, 0.3) is 11.5 Å². The van der Waals surface area contributed by atoms with Crippen LogP contribution in [-0.2, 0) is 13.0 Å². The van der Waals surface area contributed by atoms with Crippen LogP contribution in [0, 0.1) is 0 Å². The number of rotatable bonds is 5. The van der Waals surface area contributed by atoms with Gasteiger partial charge >= 0.3 is 5.69 Å². The second kappa shape index (κ2) is 7.54. The van der Waals surface area contributed by atoms with Crippen LogP contribution in [0.15, 0.2) is 39.9 Å². The number of hydrogen-bond acceptors (Lipinski definition) is 7. The van der Waals surface area contributed by atoms with Gasteiger partial charge in [0, 0.05) is 7.05 Å². The third-order valence-electron chi connectivity index (χ3n) is 4.12. The fourth-order valence-electron chi connectivity index (χ4n) is 2.68. The molecule has 0 fully saturated rings. The van der Waals surface area contributed by atoms with E-state index in [0.717, 1.165) is 22.0 Å². The molecule has 3 rings (SSSR count). The molecule has 0 unspecified atom stereocenters. The van der Waals surface area contributed by atoms with Crippen molar-refractivity contribution in [3.63, 3.8) is 0 Å². The highest BCUT2D eigenvalue weighted by molar-refractivity contribution is 7.08. The number of H-pyrrole nitrogens is 1. The van der Waals surface area contributed by atoms with Gasteiger partial charge in [0.05, 0.1) is 12.2 Å². The molecule has 10 heteroatoms. The molecule has 0 saturated carbocycles. The normalized spacial score (nSPS) is 10.7. The molecule has 0 aliphatic carbocycles. The lowest BCUT2D eigenvalue weighted by atomic mass is 10.2. The number of hydrogen-bond donors (Lipinski definition) is 2. The molecule has 3 N–H and O–H groups in total. The fourth-order valence-corrected chi connectivity index (χ4v) is 3.41. The van der Waals surface area contributed by atoms with E-state index in [9.17, 15) is 14.4 Å². The third kappa shape index (κ3) is 3.51. The molecule has 0 radical (unpaired) electrons. The summed E-state index contributed by atoms with van der Waals surface area (Å²) >= 11 is 0.953. The molecule has 1 aromatic carbocycles. The molecule has 0 aliphatic rings. The molecule has 0 bridgehead atoms. The van der Waals surface area contributed by atoms with Gasteiger partial charge in [-0.3, -0.25) is 19.1 Å². The summed E-state index contributed by atoms with van der Waals surface area (Å²) in [5, 5.41) is 3.91. The molecule has 0 spiro atoms. The van der Waals surface area contributed by atoms with Gasteiger partial charge in [0.15, 0.2) is 5.69 Å². The zero-order valence-electron chi connectivity index (χ0n) is 14.8. The Morgan fingerprint density at radius 1 is 1.30 bits per heavy atom. The Kier molecular flexibility index (Phi) is 5.17. The van der Waals surface area contributed by atoms with Crippen LogP contribution in [0.4, 0.5) is 11.5 Å². The highest BCUT2D eigenvalue weighted by Crippen LogP contribution is 2.21. The highest BCUT2D eigenvalue weighted by atomic mass is 32.1. The first-order chi connectivity index (χ1) is 12.9. The van der Waals surface area contributed by atoms with Crippen LogP contribution in [0.3, 0.4) is 0 Å². The molecule has 2 heterocycles. The Hall–Kier alpha value is -3.27. The van der Waals surface area contributed by atoms with Crippen LogP contribution in [-0.4, -0.2) is 32.1 Å². The van der Waals surface area contributed by atoms with Gasteiger partial charge in [0.1, 0.15) is 10.7 Å². The molecule has 3 aromatic rings. The molecule has 9 nitrogen and oxygen atoms in total. The average molecular weight is 386 g/mol. The summed E-state index contributed by atoms with van der Waals surface area (Å²) in [6.45, 7) is 2.02. The van der Waals surface area contributed by atoms with Crippen LogP contribution >= 0.6 is 11.5 Å². The molecule has 0 atom stereocenters.